The van der Waals surface area contributed by atoms with Gasteiger partial charge in [0.25, 0.3) is 0 Å². The van der Waals surface area contributed by atoms with Gasteiger partial charge in [-0.05, 0) is 64.0 Å². The molecule has 27 heavy (non-hydrogen) atoms. The molecule has 2 heterocycles. The number of rotatable bonds is 7. The first kappa shape index (κ1) is 19.9. The van der Waals surface area contributed by atoms with Crippen molar-refractivity contribution in [3.8, 4) is 0 Å². The smallest absolute Gasteiger partial charge is 0.328 e. The zero-order valence-corrected chi connectivity index (χ0v) is 16.4. The van der Waals surface area contributed by atoms with E-state index >= 15 is 0 Å². The van der Waals surface area contributed by atoms with Gasteiger partial charge in [0, 0.05) is 12.6 Å². The van der Waals surface area contributed by atoms with Crippen molar-refractivity contribution in [2.45, 2.75) is 64.0 Å². The number of nitrogens with zero attached hydrogens (tertiary/aromatic N) is 2. The lowest BCUT2D eigenvalue weighted by atomic mass is 10.0. The largest absolute Gasteiger partial charge is 0.464 e. The molecule has 2 aliphatic heterocycles. The van der Waals surface area contributed by atoms with E-state index in [1.54, 1.807) is 4.90 Å². The fraction of sp³-hybridized carbons (Fsp3) is 0.636. The van der Waals surface area contributed by atoms with Gasteiger partial charge in [0.05, 0.1) is 13.2 Å². The number of piperidine rings is 1. The van der Waals surface area contributed by atoms with Crippen LogP contribution in [0.25, 0.3) is 0 Å². The lowest BCUT2D eigenvalue weighted by molar-refractivity contribution is -0.157. The second kappa shape index (κ2) is 9.88. The summed E-state index contributed by atoms with van der Waals surface area (Å²) in [5, 5.41) is 0. The van der Waals surface area contributed by atoms with E-state index in [0.717, 1.165) is 51.5 Å². The molecule has 2 aliphatic rings. The Labute approximate surface area is 162 Å². The molecule has 2 saturated heterocycles. The van der Waals surface area contributed by atoms with Crippen LogP contribution in [-0.2, 0) is 20.7 Å². The highest BCUT2D eigenvalue weighted by atomic mass is 16.5. The zero-order chi connectivity index (χ0) is 19.1. The Morgan fingerprint density at radius 1 is 1.07 bits per heavy atom. The van der Waals surface area contributed by atoms with Gasteiger partial charge in [0.1, 0.15) is 6.04 Å². The molecule has 1 amide bonds. The minimum atomic E-state index is -0.392. The van der Waals surface area contributed by atoms with E-state index in [4.69, 9.17) is 4.74 Å². The van der Waals surface area contributed by atoms with Crippen LogP contribution in [0.15, 0.2) is 30.3 Å². The predicted octanol–water partition coefficient (Wildman–Crippen LogP) is 3.03. The average molecular weight is 373 g/mol. The van der Waals surface area contributed by atoms with Crippen LogP contribution in [0.4, 0.5) is 0 Å². The lowest BCUT2D eigenvalue weighted by Gasteiger charge is -2.36. The van der Waals surface area contributed by atoms with Crippen molar-refractivity contribution in [2.24, 2.45) is 0 Å². The van der Waals surface area contributed by atoms with Gasteiger partial charge in [-0.2, -0.15) is 0 Å². The molecule has 3 rings (SSSR count). The van der Waals surface area contributed by atoms with Crippen molar-refractivity contribution in [3.05, 3.63) is 35.9 Å². The topological polar surface area (TPSA) is 49.9 Å². The number of ether oxygens (including phenoxy) is 1. The molecule has 2 atom stereocenters. The summed E-state index contributed by atoms with van der Waals surface area (Å²) in [5.41, 5.74) is 1.36. The van der Waals surface area contributed by atoms with Crippen molar-refractivity contribution < 1.29 is 14.3 Å². The summed E-state index contributed by atoms with van der Waals surface area (Å²) in [4.78, 5) is 29.3. The molecular formula is C22H32N2O3. The SMILES string of the molecule is CCOC(=O)[C@@H]1CCCCN1C(=O)CN1CCC[C@H]1CCc1ccccc1. The molecule has 0 radical (unpaired) electrons. The summed E-state index contributed by atoms with van der Waals surface area (Å²) in [5.74, 6) is -0.160. The van der Waals surface area contributed by atoms with E-state index in [2.05, 4.69) is 29.2 Å². The predicted molar refractivity (Wildman–Crippen MR) is 105 cm³/mol. The Balaban J connectivity index is 1.55. The van der Waals surface area contributed by atoms with E-state index in [1.165, 1.54) is 5.56 Å². The second-order valence-electron chi connectivity index (χ2n) is 7.64. The van der Waals surface area contributed by atoms with Crippen molar-refractivity contribution in [3.63, 3.8) is 0 Å². The van der Waals surface area contributed by atoms with Crippen molar-refractivity contribution in [2.75, 3.05) is 26.2 Å². The molecule has 148 valence electrons. The van der Waals surface area contributed by atoms with Gasteiger partial charge >= 0.3 is 5.97 Å². The third kappa shape index (κ3) is 5.32. The van der Waals surface area contributed by atoms with Crippen LogP contribution in [0.3, 0.4) is 0 Å². The van der Waals surface area contributed by atoms with Gasteiger partial charge < -0.3 is 9.64 Å². The van der Waals surface area contributed by atoms with Gasteiger partial charge in [-0.1, -0.05) is 30.3 Å². The molecule has 0 spiro atoms. The maximum atomic E-state index is 13.0. The van der Waals surface area contributed by atoms with Gasteiger partial charge in [0.15, 0.2) is 0 Å². The minimum Gasteiger partial charge on any atom is -0.464 e. The molecule has 5 nitrogen and oxygen atoms in total. The highest BCUT2D eigenvalue weighted by Crippen LogP contribution is 2.24. The number of esters is 1. The van der Waals surface area contributed by atoms with Gasteiger partial charge in [-0.25, -0.2) is 4.79 Å². The van der Waals surface area contributed by atoms with E-state index < -0.39 is 6.04 Å². The van der Waals surface area contributed by atoms with Crippen LogP contribution in [-0.4, -0.2) is 60.0 Å². The Kier molecular flexibility index (Phi) is 7.27. The third-order valence-corrected chi connectivity index (χ3v) is 5.83. The quantitative estimate of drug-likeness (QED) is 0.691. The highest BCUT2D eigenvalue weighted by molar-refractivity contribution is 5.85. The fourth-order valence-corrected chi connectivity index (χ4v) is 4.39. The molecule has 0 N–H and O–H groups in total. The monoisotopic (exact) mass is 372 g/mol. The maximum absolute atomic E-state index is 13.0. The zero-order valence-electron chi connectivity index (χ0n) is 16.4. The number of carbonyl (C=O) groups is 2. The van der Waals surface area contributed by atoms with Gasteiger partial charge in [-0.3, -0.25) is 9.69 Å². The Morgan fingerprint density at radius 3 is 2.67 bits per heavy atom. The molecule has 5 heteroatoms. The molecule has 0 aromatic heterocycles. The normalized spacial score (nSPS) is 23.4. The first-order valence-corrected chi connectivity index (χ1v) is 10.4. The van der Waals surface area contributed by atoms with Crippen LogP contribution in [0.2, 0.25) is 0 Å². The number of aryl methyl sites for hydroxylation is 1. The molecule has 0 saturated carbocycles. The maximum Gasteiger partial charge on any atom is 0.328 e. The molecule has 2 fully saturated rings. The van der Waals surface area contributed by atoms with Crippen LogP contribution in [0, 0.1) is 0 Å². The van der Waals surface area contributed by atoms with Crippen LogP contribution < -0.4 is 0 Å². The summed E-state index contributed by atoms with van der Waals surface area (Å²) in [7, 11) is 0. The number of likely N-dealkylation sites (tertiary alicyclic amines) is 2. The van der Waals surface area contributed by atoms with Crippen LogP contribution in [0.5, 0.6) is 0 Å². The van der Waals surface area contributed by atoms with Crippen molar-refractivity contribution in [1.29, 1.82) is 0 Å². The summed E-state index contributed by atoms with van der Waals surface area (Å²) in [6.07, 6.45) is 7.11. The van der Waals surface area contributed by atoms with Gasteiger partial charge in [-0.15, -0.1) is 0 Å². The van der Waals surface area contributed by atoms with Crippen LogP contribution >= 0.6 is 0 Å². The molecule has 0 aliphatic carbocycles. The van der Waals surface area contributed by atoms with E-state index in [9.17, 15) is 9.59 Å². The number of carbonyl (C=O) groups excluding carboxylic acids is 2. The van der Waals surface area contributed by atoms with Crippen molar-refractivity contribution >= 4 is 11.9 Å². The fourth-order valence-electron chi connectivity index (χ4n) is 4.39. The van der Waals surface area contributed by atoms with E-state index in [1.807, 2.05) is 13.0 Å². The average Bonchev–Trinajstić information content (AvgIpc) is 3.14. The minimum absolute atomic E-state index is 0.0827. The Hall–Kier alpha value is -1.88. The number of hydrogen-bond acceptors (Lipinski definition) is 4. The first-order chi connectivity index (χ1) is 13.2. The van der Waals surface area contributed by atoms with E-state index in [0.29, 0.717) is 25.7 Å². The van der Waals surface area contributed by atoms with E-state index in [-0.39, 0.29) is 11.9 Å². The standard InChI is InChI=1S/C22H32N2O3/c1-2-27-22(26)20-12-6-7-16-24(20)21(25)17-23-15-8-11-19(23)14-13-18-9-4-3-5-10-18/h3-5,9-10,19-20H,2,6-8,11-17H2,1H3/t19-,20-/m0/s1. The lowest BCUT2D eigenvalue weighted by Crippen LogP contribution is -2.52. The molecule has 0 bridgehead atoms. The summed E-state index contributed by atoms with van der Waals surface area (Å²) in [6.45, 7) is 4.25. The first-order valence-electron chi connectivity index (χ1n) is 10.4. The molecular weight excluding hydrogens is 340 g/mol. The third-order valence-electron chi connectivity index (χ3n) is 5.83. The van der Waals surface area contributed by atoms with Gasteiger partial charge in [0.2, 0.25) is 5.91 Å². The molecule has 0 unspecified atom stereocenters. The van der Waals surface area contributed by atoms with Crippen LogP contribution in [0.1, 0.15) is 51.0 Å². The summed E-state index contributed by atoms with van der Waals surface area (Å²) >= 11 is 0. The Morgan fingerprint density at radius 2 is 1.89 bits per heavy atom. The number of hydrogen-bond donors (Lipinski definition) is 0. The van der Waals surface area contributed by atoms with Crippen molar-refractivity contribution in [1.82, 2.24) is 9.80 Å². The Bertz CT molecular complexity index is 619. The summed E-state index contributed by atoms with van der Waals surface area (Å²) < 4.78 is 5.19. The molecule has 1 aromatic carbocycles. The highest BCUT2D eigenvalue weighted by Gasteiger charge is 2.35. The number of amides is 1. The summed E-state index contributed by atoms with van der Waals surface area (Å²) in [6, 6.07) is 10.6. The number of benzene rings is 1. The molecule has 1 aromatic rings. The second-order valence-corrected chi connectivity index (χ2v) is 7.64.